The fourth-order valence-electron chi connectivity index (χ4n) is 2.00. The number of carbonyl (C=O) groups is 1. The monoisotopic (exact) mass is 337 g/mol. The normalized spacial score (nSPS) is 11.2. The summed E-state index contributed by atoms with van der Waals surface area (Å²) in [5, 5.41) is 7.82. The van der Waals surface area contributed by atoms with Crippen molar-refractivity contribution in [1.29, 1.82) is 0 Å². The zero-order valence-corrected chi connectivity index (χ0v) is 13.5. The molecular weight excluding hydrogens is 318 g/mol. The SMILES string of the molecule is CCN(Cc1ccco1)C(=O)NCc1ccc(S(N)(=O)=O)cc1. The van der Waals surface area contributed by atoms with Crippen molar-refractivity contribution in [1.82, 2.24) is 10.2 Å². The molecule has 0 bridgehead atoms. The van der Waals surface area contributed by atoms with Crippen molar-refractivity contribution in [3.05, 3.63) is 54.0 Å². The van der Waals surface area contributed by atoms with Crippen LogP contribution < -0.4 is 10.5 Å². The minimum atomic E-state index is -3.70. The number of benzene rings is 1. The fourth-order valence-corrected chi connectivity index (χ4v) is 2.52. The first-order valence-corrected chi connectivity index (χ1v) is 8.61. The zero-order valence-electron chi connectivity index (χ0n) is 12.7. The summed E-state index contributed by atoms with van der Waals surface area (Å²) in [5.41, 5.74) is 0.778. The number of hydrogen-bond acceptors (Lipinski definition) is 4. The Labute approximate surface area is 135 Å². The molecular formula is C15H19N3O4S. The highest BCUT2D eigenvalue weighted by Crippen LogP contribution is 2.09. The van der Waals surface area contributed by atoms with Crippen molar-refractivity contribution in [2.45, 2.75) is 24.9 Å². The second-order valence-corrected chi connectivity index (χ2v) is 6.50. The van der Waals surface area contributed by atoms with Gasteiger partial charge in [-0.05, 0) is 36.8 Å². The average Bonchev–Trinajstić information content (AvgIpc) is 3.03. The maximum Gasteiger partial charge on any atom is 0.318 e. The molecule has 0 saturated heterocycles. The van der Waals surface area contributed by atoms with Gasteiger partial charge in [-0.25, -0.2) is 18.4 Å². The van der Waals surface area contributed by atoms with Crippen LogP contribution in [0.5, 0.6) is 0 Å². The van der Waals surface area contributed by atoms with Crippen LogP contribution in [0.25, 0.3) is 0 Å². The number of rotatable bonds is 6. The van der Waals surface area contributed by atoms with E-state index in [1.807, 2.05) is 13.0 Å². The smallest absolute Gasteiger partial charge is 0.318 e. The van der Waals surface area contributed by atoms with E-state index in [4.69, 9.17) is 9.56 Å². The summed E-state index contributed by atoms with van der Waals surface area (Å²) in [6.45, 7) is 3.10. The van der Waals surface area contributed by atoms with Crippen LogP contribution in [0.2, 0.25) is 0 Å². The van der Waals surface area contributed by atoms with Gasteiger partial charge in [0.2, 0.25) is 10.0 Å². The van der Waals surface area contributed by atoms with Crippen molar-refractivity contribution in [2.24, 2.45) is 5.14 Å². The predicted molar refractivity (Wildman–Crippen MR) is 84.8 cm³/mol. The molecule has 0 fully saturated rings. The van der Waals surface area contributed by atoms with Gasteiger partial charge in [0, 0.05) is 13.1 Å². The third-order valence-corrected chi connectivity index (χ3v) is 4.22. The van der Waals surface area contributed by atoms with Crippen molar-refractivity contribution >= 4 is 16.1 Å². The quantitative estimate of drug-likeness (QED) is 0.836. The van der Waals surface area contributed by atoms with E-state index >= 15 is 0 Å². The van der Waals surface area contributed by atoms with E-state index in [1.165, 1.54) is 12.1 Å². The van der Waals surface area contributed by atoms with Crippen molar-refractivity contribution < 1.29 is 17.6 Å². The number of nitrogens with two attached hydrogens (primary N) is 1. The van der Waals surface area contributed by atoms with E-state index < -0.39 is 10.0 Å². The third-order valence-electron chi connectivity index (χ3n) is 3.29. The Hall–Kier alpha value is -2.32. The lowest BCUT2D eigenvalue weighted by molar-refractivity contribution is 0.193. The van der Waals surface area contributed by atoms with E-state index in [0.717, 1.165) is 5.56 Å². The number of nitrogens with one attached hydrogen (secondary N) is 1. The van der Waals surface area contributed by atoms with E-state index in [1.54, 1.807) is 29.4 Å². The summed E-state index contributed by atoms with van der Waals surface area (Å²) < 4.78 is 27.6. The van der Waals surface area contributed by atoms with E-state index in [-0.39, 0.29) is 10.9 Å². The Morgan fingerprint density at radius 3 is 2.48 bits per heavy atom. The molecule has 2 rings (SSSR count). The minimum Gasteiger partial charge on any atom is -0.467 e. The van der Waals surface area contributed by atoms with Crippen molar-refractivity contribution in [2.75, 3.05) is 6.54 Å². The van der Waals surface area contributed by atoms with Gasteiger partial charge < -0.3 is 14.6 Å². The summed E-state index contributed by atoms with van der Waals surface area (Å²) in [4.78, 5) is 13.8. The van der Waals surface area contributed by atoms with Crippen molar-refractivity contribution in [3.8, 4) is 0 Å². The maximum absolute atomic E-state index is 12.2. The van der Waals surface area contributed by atoms with Gasteiger partial charge in [0.25, 0.3) is 0 Å². The van der Waals surface area contributed by atoms with Gasteiger partial charge in [0.15, 0.2) is 0 Å². The van der Waals surface area contributed by atoms with Crippen LogP contribution in [-0.4, -0.2) is 25.9 Å². The molecule has 23 heavy (non-hydrogen) atoms. The highest BCUT2D eigenvalue weighted by Gasteiger charge is 2.13. The Morgan fingerprint density at radius 1 is 1.26 bits per heavy atom. The molecule has 8 heteroatoms. The van der Waals surface area contributed by atoms with Crippen LogP contribution in [0.1, 0.15) is 18.2 Å². The molecule has 7 nitrogen and oxygen atoms in total. The standard InChI is InChI=1S/C15H19N3O4S/c1-2-18(11-13-4-3-9-22-13)15(19)17-10-12-5-7-14(8-6-12)23(16,20)21/h3-9H,2,10-11H2,1H3,(H,17,19)(H2,16,20,21). The van der Waals surface area contributed by atoms with Crippen LogP contribution in [0.15, 0.2) is 52.0 Å². The molecule has 0 radical (unpaired) electrons. The lowest BCUT2D eigenvalue weighted by Gasteiger charge is -2.20. The fraction of sp³-hybridized carbons (Fsp3) is 0.267. The number of amides is 2. The number of sulfonamides is 1. The lowest BCUT2D eigenvalue weighted by Crippen LogP contribution is -2.38. The first-order valence-electron chi connectivity index (χ1n) is 7.07. The Bertz CT molecular complexity index is 740. The van der Waals surface area contributed by atoms with Crippen LogP contribution in [-0.2, 0) is 23.1 Å². The number of urea groups is 1. The molecule has 0 spiro atoms. The highest BCUT2D eigenvalue weighted by molar-refractivity contribution is 7.89. The van der Waals surface area contributed by atoms with E-state index in [0.29, 0.717) is 25.4 Å². The second-order valence-electron chi connectivity index (χ2n) is 4.94. The van der Waals surface area contributed by atoms with Gasteiger partial charge >= 0.3 is 6.03 Å². The number of carbonyl (C=O) groups excluding carboxylic acids is 1. The number of furan rings is 1. The molecule has 1 heterocycles. The van der Waals surface area contributed by atoms with E-state index in [2.05, 4.69) is 5.32 Å². The first-order chi connectivity index (χ1) is 10.9. The lowest BCUT2D eigenvalue weighted by atomic mass is 10.2. The summed E-state index contributed by atoms with van der Waals surface area (Å²) >= 11 is 0. The van der Waals surface area contributed by atoms with Crippen LogP contribution in [0, 0.1) is 0 Å². The molecule has 0 aliphatic heterocycles. The predicted octanol–water partition coefficient (Wildman–Crippen LogP) is 1.66. The molecule has 0 saturated carbocycles. The molecule has 2 aromatic rings. The number of hydrogen-bond donors (Lipinski definition) is 2. The second kappa shape index (κ2) is 7.30. The maximum atomic E-state index is 12.2. The summed E-state index contributed by atoms with van der Waals surface area (Å²) in [5.74, 6) is 0.708. The number of primary sulfonamides is 1. The highest BCUT2D eigenvalue weighted by atomic mass is 32.2. The van der Waals surface area contributed by atoms with Crippen LogP contribution >= 0.6 is 0 Å². The van der Waals surface area contributed by atoms with Gasteiger partial charge in [-0.2, -0.15) is 0 Å². The summed E-state index contributed by atoms with van der Waals surface area (Å²) in [6.07, 6.45) is 1.56. The van der Waals surface area contributed by atoms with Gasteiger partial charge in [0.05, 0.1) is 17.7 Å². The van der Waals surface area contributed by atoms with Gasteiger partial charge in [-0.15, -0.1) is 0 Å². The molecule has 1 aromatic carbocycles. The van der Waals surface area contributed by atoms with Crippen LogP contribution in [0.4, 0.5) is 4.79 Å². The summed E-state index contributed by atoms with van der Waals surface area (Å²) in [6, 6.07) is 9.41. The number of nitrogens with zero attached hydrogens (tertiary/aromatic N) is 1. The topological polar surface area (TPSA) is 106 Å². The van der Waals surface area contributed by atoms with Crippen LogP contribution in [0.3, 0.4) is 0 Å². The molecule has 0 atom stereocenters. The average molecular weight is 337 g/mol. The minimum absolute atomic E-state index is 0.0422. The van der Waals surface area contributed by atoms with Gasteiger partial charge in [0.1, 0.15) is 5.76 Å². The molecule has 2 amide bonds. The first kappa shape index (κ1) is 17.0. The Kier molecular flexibility index (Phi) is 5.41. The zero-order chi connectivity index (χ0) is 16.9. The molecule has 0 aliphatic rings. The molecule has 3 N–H and O–H groups in total. The Morgan fingerprint density at radius 2 is 1.96 bits per heavy atom. The van der Waals surface area contributed by atoms with Crippen molar-refractivity contribution in [3.63, 3.8) is 0 Å². The largest absolute Gasteiger partial charge is 0.467 e. The van der Waals surface area contributed by atoms with Gasteiger partial charge in [-0.1, -0.05) is 12.1 Å². The third kappa shape index (κ3) is 4.83. The summed E-state index contributed by atoms with van der Waals surface area (Å²) in [7, 11) is -3.70. The van der Waals surface area contributed by atoms with Gasteiger partial charge in [-0.3, -0.25) is 0 Å². The van der Waals surface area contributed by atoms with E-state index in [9.17, 15) is 13.2 Å². The molecule has 124 valence electrons. The molecule has 0 aliphatic carbocycles. The molecule has 1 aromatic heterocycles. The Balaban J connectivity index is 1.92. The molecule has 0 unspecified atom stereocenters.